The van der Waals surface area contributed by atoms with Gasteiger partial charge < -0.3 is 14.5 Å². The molecule has 1 amide bonds. The number of amides is 1. The van der Waals surface area contributed by atoms with E-state index in [0.29, 0.717) is 38.2 Å². The maximum atomic E-state index is 12.2. The summed E-state index contributed by atoms with van der Waals surface area (Å²) in [6.07, 6.45) is 5.35. The molecule has 0 bridgehead atoms. The second-order valence-corrected chi connectivity index (χ2v) is 6.13. The molecular weight excluding hydrogens is 298 g/mol. The van der Waals surface area contributed by atoms with Gasteiger partial charge in [-0.2, -0.15) is 4.98 Å². The summed E-state index contributed by atoms with van der Waals surface area (Å²) in [6, 6.07) is 0. The normalized spacial score (nSPS) is 15.8. The fraction of sp³-hybridized carbons (Fsp3) is 0.750. The average molecular weight is 323 g/mol. The zero-order chi connectivity index (χ0) is 16.7. The summed E-state index contributed by atoms with van der Waals surface area (Å²) in [5.41, 5.74) is 0. The van der Waals surface area contributed by atoms with Crippen molar-refractivity contribution in [1.82, 2.24) is 15.0 Å². The number of carbonyl (C=O) groups excluding carboxylic acids is 1. The van der Waals surface area contributed by atoms with E-state index < -0.39 is 5.97 Å². The van der Waals surface area contributed by atoms with Gasteiger partial charge in [-0.05, 0) is 31.6 Å². The fourth-order valence-electron chi connectivity index (χ4n) is 2.90. The van der Waals surface area contributed by atoms with E-state index in [0.717, 1.165) is 31.5 Å². The van der Waals surface area contributed by atoms with Gasteiger partial charge in [0.2, 0.25) is 11.8 Å². The first-order valence-corrected chi connectivity index (χ1v) is 8.39. The number of carboxylic acids is 1. The molecule has 0 unspecified atom stereocenters. The van der Waals surface area contributed by atoms with Crippen LogP contribution in [0, 0.1) is 5.92 Å². The number of likely N-dealkylation sites (tertiary alicyclic amines) is 1. The van der Waals surface area contributed by atoms with E-state index >= 15 is 0 Å². The summed E-state index contributed by atoms with van der Waals surface area (Å²) in [5, 5.41) is 12.7. The first-order chi connectivity index (χ1) is 11.1. The monoisotopic (exact) mass is 323 g/mol. The lowest BCUT2D eigenvalue weighted by atomic mass is 9.93. The summed E-state index contributed by atoms with van der Waals surface area (Å²) >= 11 is 0. The first kappa shape index (κ1) is 17.4. The summed E-state index contributed by atoms with van der Waals surface area (Å²) in [7, 11) is 0. The first-order valence-electron chi connectivity index (χ1n) is 8.39. The molecule has 0 aliphatic carbocycles. The Labute approximate surface area is 136 Å². The summed E-state index contributed by atoms with van der Waals surface area (Å²) < 4.78 is 5.15. The van der Waals surface area contributed by atoms with E-state index in [1.807, 2.05) is 4.90 Å². The van der Waals surface area contributed by atoms with E-state index in [1.54, 1.807) is 0 Å². The molecule has 128 valence electrons. The Bertz CT molecular complexity index is 521. The van der Waals surface area contributed by atoms with Crippen LogP contribution in [0.4, 0.5) is 0 Å². The van der Waals surface area contributed by atoms with Crippen molar-refractivity contribution in [1.29, 1.82) is 0 Å². The molecule has 1 aliphatic rings. The Morgan fingerprint density at radius 3 is 2.70 bits per heavy atom. The van der Waals surface area contributed by atoms with Crippen molar-refractivity contribution >= 4 is 11.9 Å². The number of aromatic nitrogens is 2. The Balaban J connectivity index is 1.66. The highest BCUT2D eigenvalue weighted by atomic mass is 16.5. The van der Waals surface area contributed by atoms with Crippen LogP contribution in [-0.4, -0.2) is 45.1 Å². The van der Waals surface area contributed by atoms with Crippen molar-refractivity contribution in [3.63, 3.8) is 0 Å². The molecular formula is C16H25N3O4. The van der Waals surface area contributed by atoms with Crippen molar-refractivity contribution in [2.45, 2.75) is 58.3 Å². The van der Waals surface area contributed by atoms with Gasteiger partial charge in [-0.25, -0.2) is 0 Å². The molecule has 2 rings (SSSR count). The number of nitrogens with zero attached hydrogens (tertiary/aromatic N) is 3. The van der Waals surface area contributed by atoms with Crippen molar-refractivity contribution in [2.24, 2.45) is 5.92 Å². The standard InChI is InChI=1S/C16H25N3O4/c1-2-4-13-17-14(23-18-13)5-3-6-15(20)19-9-7-12(8-10-19)11-16(21)22/h12H,2-11H2,1H3,(H,21,22). The molecule has 7 heteroatoms. The zero-order valence-corrected chi connectivity index (χ0v) is 13.7. The number of hydrogen-bond donors (Lipinski definition) is 1. The van der Waals surface area contributed by atoms with Crippen LogP contribution >= 0.6 is 0 Å². The van der Waals surface area contributed by atoms with Gasteiger partial charge in [-0.3, -0.25) is 9.59 Å². The van der Waals surface area contributed by atoms with Crippen LogP contribution in [0.3, 0.4) is 0 Å². The molecule has 0 spiro atoms. The van der Waals surface area contributed by atoms with Crippen LogP contribution in [0.25, 0.3) is 0 Å². The molecule has 1 fully saturated rings. The summed E-state index contributed by atoms with van der Waals surface area (Å²) in [6.45, 7) is 3.39. The molecule has 1 aliphatic heterocycles. The van der Waals surface area contributed by atoms with Gasteiger partial charge in [0, 0.05) is 38.8 Å². The van der Waals surface area contributed by atoms with Crippen molar-refractivity contribution in [3.8, 4) is 0 Å². The number of aryl methyl sites for hydroxylation is 2. The largest absolute Gasteiger partial charge is 0.481 e. The van der Waals surface area contributed by atoms with Gasteiger partial charge in [0.05, 0.1) is 0 Å². The van der Waals surface area contributed by atoms with Crippen molar-refractivity contribution in [2.75, 3.05) is 13.1 Å². The van der Waals surface area contributed by atoms with Crippen LogP contribution in [0.15, 0.2) is 4.52 Å². The highest BCUT2D eigenvalue weighted by Gasteiger charge is 2.24. The molecule has 23 heavy (non-hydrogen) atoms. The molecule has 0 saturated carbocycles. The minimum Gasteiger partial charge on any atom is -0.481 e. The number of piperidine rings is 1. The Morgan fingerprint density at radius 2 is 2.04 bits per heavy atom. The lowest BCUT2D eigenvalue weighted by Gasteiger charge is -2.31. The smallest absolute Gasteiger partial charge is 0.303 e. The summed E-state index contributed by atoms with van der Waals surface area (Å²) in [5.74, 6) is 0.909. The highest BCUT2D eigenvalue weighted by Crippen LogP contribution is 2.21. The number of rotatable bonds is 8. The number of hydrogen-bond acceptors (Lipinski definition) is 5. The topological polar surface area (TPSA) is 96.5 Å². The SMILES string of the molecule is CCCc1noc(CCCC(=O)N2CCC(CC(=O)O)CC2)n1. The number of aliphatic carboxylic acids is 1. The minimum atomic E-state index is -0.753. The maximum Gasteiger partial charge on any atom is 0.303 e. The lowest BCUT2D eigenvalue weighted by Crippen LogP contribution is -2.38. The van der Waals surface area contributed by atoms with Gasteiger partial charge in [-0.15, -0.1) is 0 Å². The van der Waals surface area contributed by atoms with E-state index in [-0.39, 0.29) is 18.2 Å². The molecule has 7 nitrogen and oxygen atoms in total. The van der Waals surface area contributed by atoms with Gasteiger partial charge in [0.1, 0.15) is 0 Å². The third-order valence-electron chi connectivity index (χ3n) is 4.20. The molecule has 1 aromatic rings. The Hall–Kier alpha value is -1.92. The Morgan fingerprint density at radius 1 is 1.30 bits per heavy atom. The quantitative estimate of drug-likeness (QED) is 0.786. The molecule has 0 atom stereocenters. The van der Waals surface area contributed by atoms with Gasteiger partial charge in [0.15, 0.2) is 5.82 Å². The van der Waals surface area contributed by atoms with Crippen LogP contribution in [0.2, 0.25) is 0 Å². The molecule has 0 radical (unpaired) electrons. The molecule has 0 aromatic carbocycles. The van der Waals surface area contributed by atoms with Gasteiger partial charge in [0.25, 0.3) is 0 Å². The number of carbonyl (C=O) groups is 2. The maximum absolute atomic E-state index is 12.2. The van der Waals surface area contributed by atoms with Crippen molar-refractivity contribution < 1.29 is 19.2 Å². The molecule has 2 heterocycles. The number of carboxylic acid groups (broad SMARTS) is 1. The van der Waals surface area contributed by atoms with Crippen LogP contribution < -0.4 is 0 Å². The second-order valence-electron chi connectivity index (χ2n) is 6.13. The third kappa shape index (κ3) is 5.65. The van der Waals surface area contributed by atoms with Crippen molar-refractivity contribution in [3.05, 3.63) is 11.7 Å². The van der Waals surface area contributed by atoms with Gasteiger partial charge >= 0.3 is 5.97 Å². The third-order valence-corrected chi connectivity index (χ3v) is 4.20. The summed E-state index contributed by atoms with van der Waals surface area (Å²) in [4.78, 5) is 29.0. The van der Waals surface area contributed by atoms with E-state index in [4.69, 9.17) is 9.63 Å². The van der Waals surface area contributed by atoms with Crippen LogP contribution in [-0.2, 0) is 22.4 Å². The predicted octanol–water partition coefficient (Wildman–Crippen LogP) is 2.06. The minimum absolute atomic E-state index is 0.132. The Kier molecular flexibility index (Phi) is 6.55. The lowest BCUT2D eigenvalue weighted by molar-refractivity contribution is -0.138. The van der Waals surface area contributed by atoms with E-state index in [2.05, 4.69) is 17.1 Å². The second kappa shape index (κ2) is 8.64. The molecule has 1 N–H and O–H groups in total. The molecule has 1 aromatic heterocycles. The highest BCUT2D eigenvalue weighted by molar-refractivity contribution is 5.76. The predicted molar refractivity (Wildman–Crippen MR) is 82.8 cm³/mol. The fourth-order valence-corrected chi connectivity index (χ4v) is 2.90. The van der Waals surface area contributed by atoms with E-state index in [9.17, 15) is 9.59 Å². The van der Waals surface area contributed by atoms with Gasteiger partial charge in [-0.1, -0.05) is 12.1 Å². The average Bonchev–Trinajstić information content (AvgIpc) is 2.95. The zero-order valence-electron chi connectivity index (χ0n) is 13.7. The molecule has 1 saturated heterocycles. The van der Waals surface area contributed by atoms with E-state index in [1.165, 1.54) is 0 Å². The van der Waals surface area contributed by atoms with Crippen LogP contribution in [0.5, 0.6) is 0 Å². The van der Waals surface area contributed by atoms with Crippen LogP contribution in [0.1, 0.15) is 57.2 Å².